The maximum atomic E-state index is 12.1. The summed E-state index contributed by atoms with van der Waals surface area (Å²) < 4.78 is 0. The van der Waals surface area contributed by atoms with Crippen LogP contribution in [0.5, 0.6) is 0 Å². The molecule has 0 atom stereocenters. The van der Waals surface area contributed by atoms with Gasteiger partial charge in [0.05, 0.1) is 11.4 Å². The molecule has 0 saturated carbocycles. The molecule has 1 heterocycles. The number of fused-ring (bicyclic) bond motifs is 1. The van der Waals surface area contributed by atoms with Gasteiger partial charge in [-0.15, -0.1) is 0 Å². The van der Waals surface area contributed by atoms with Gasteiger partial charge in [-0.05, 0) is 36.2 Å². The zero-order valence-corrected chi connectivity index (χ0v) is 12.7. The summed E-state index contributed by atoms with van der Waals surface area (Å²) in [4.78, 5) is 24.2. The summed E-state index contributed by atoms with van der Waals surface area (Å²) in [5, 5.41) is 8.50. The Hall–Kier alpha value is -3.08. The summed E-state index contributed by atoms with van der Waals surface area (Å²) in [7, 11) is 0. The number of rotatable bonds is 3. The summed E-state index contributed by atoms with van der Waals surface area (Å²) in [5.41, 5.74) is 3.53. The first-order valence-electron chi connectivity index (χ1n) is 7.44. The van der Waals surface area contributed by atoms with Crippen molar-refractivity contribution < 1.29 is 9.59 Å². The van der Waals surface area contributed by atoms with Gasteiger partial charge in [-0.1, -0.05) is 31.2 Å². The Labute approximate surface area is 134 Å². The number of aryl methyl sites for hydroxylation is 1. The Kier molecular flexibility index (Phi) is 4.10. The number of amides is 2. The van der Waals surface area contributed by atoms with Gasteiger partial charge in [0, 0.05) is 11.8 Å². The van der Waals surface area contributed by atoms with Crippen molar-refractivity contribution in [3.8, 4) is 0 Å². The standard InChI is InChI=1S/C18H17N3O2/c1-2-12-6-5-7-13(10-12)19-17(22)11-16-18(23)21-15-9-4-3-8-14(15)20-16/h3-11,20H,2H2,1H3,(H,19,22)(H,21,23)/b16-11-. The van der Waals surface area contributed by atoms with E-state index >= 15 is 0 Å². The molecule has 2 aromatic carbocycles. The lowest BCUT2D eigenvalue weighted by Gasteiger charge is -2.20. The number of hydrogen-bond acceptors (Lipinski definition) is 3. The van der Waals surface area contributed by atoms with E-state index in [-0.39, 0.29) is 17.5 Å². The fourth-order valence-corrected chi connectivity index (χ4v) is 2.37. The van der Waals surface area contributed by atoms with Crippen molar-refractivity contribution in [1.29, 1.82) is 0 Å². The maximum Gasteiger partial charge on any atom is 0.272 e. The van der Waals surface area contributed by atoms with Crippen LogP contribution < -0.4 is 16.0 Å². The first-order chi connectivity index (χ1) is 11.2. The average molecular weight is 307 g/mol. The van der Waals surface area contributed by atoms with Gasteiger partial charge in [0.25, 0.3) is 11.8 Å². The molecule has 1 aliphatic rings. The van der Waals surface area contributed by atoms with Crippen molar-refractivity contribution in [2.24, 2.45) is 0 Å². The van der Waals surface area contributed by atoms with Crippen LogP contribution in [0, 0.1) is 0 Å². The molecule has 0 spiro atoms. The van der Waals surface area contributed by atoms with E-state index in [1.54, 1.807) is 6.07 Å². The normalized spacial score (nSPS) is 14.7. The van der Waals surface area contributed by atoms with Crippen molar-refractivity contribution in [3.63, 3.8) is 0 Å². The molecule has 5 nitrogen and oxygen atoms in total. The summed E-state index contributed by atoms with van der Waals surface area (Å²) in [5.74, 6) is -0.684. The first-order valence-corrected chi connectivity index (χ1v) is 7.44. The Morgan fingerprint density at radius 3 is 2.57 bits per heavy atom. The Bertz CT molecular complexity index is 796. The van der Waals surface area contributed by atoms with Crippen LogP contribution in [-0.4, -0.2) is 11.8 Å². The van der Waals surface area contributed by atoms with E-state index in [0.29, 0.717) is 11.4 Å². The molecule has 0 unspecified atom stereocenters. The largest absolute Gasteiger partial charge is 0.349 e. The van der Waals surface area contributed by atoms with Crippen LogP contribution in [0.3, 0.4) is 0 Å². The number of nitrogens with one attached hydrogen (secondary N) is 3. The van der Waals surface area contributed by atoms with Gasteiger partial charge in [-0.3, -0.25) is 9.59 Å². The first kappa shape index (κ1) is 14.8. The van der Waals surface area contributed by atoms with Crippen molar-refractivity contribution in [2.45, 2.75) is 13.3 Å². The lowest BCUT2D eigenvalue weighted by Crippen LogP contribution is -2.27. The van der Waals surface area contributed by atoms with Crippen molar-refractivity contribution in [3.05, 3.63) is 65.9 Å². The van der Waals surface area contributed by atoms with Gasteiger partial charge in [-0.25, -0.2) is 0 Å². The van der Waals surface area contributed by atoms with E-state index in [9.17, 15) is 9.59 Å². The molecule has 0 saturated heterocycles. The lowest BCUT2D eigenvalue weighted by atomic mass is 10.1. The molecule has 0 aliphatic carbocycles. The molecule has 0 bridgehead atoms. The zero-order chi connectivity index (χ0) is 16.2. The third kappa shape index (κ3) is 3.40. The molecule has 1 aliphatic heterocycles. The smallest absolute Gasteiger partial charge is 0.272 e. The number of para-hydroxylation sites is 2. The van der Waals surface area contributed by atoms with Crippen molar-refractivity contribution >= 4 is 28.9 Å². The van der Waals surface area contributed by atoms with Crippen LogP contribution in [0.1, 0.15) is 12.5 Å². The van der Waals surface area contributed by atoms with E-state index in [4.69, 9.17) is 0 Å². The van der Waals surface area contributed by atoms with E-state index < -0.39 is 0 Å². The van der Waals surface area contributed by atoms with Gasteiger partial charge >= 0.3 is 0 Å². The van der Waals surface area contributed by atoms with Crippen molar-refractivity contribution in [2.75, 3.05) is 16.0 Å². The van der Waals surface area contributed by atoms with Crippen LogP contribution >= 0.6 is 0 Å². The second-order valence-corrected chi connectivity index (χ2v) is 5.23. The summed E-state index contributed by atoms with van der Waals surface area (Å²) >= 11 is 0. The van der Waals surface area contributed by atoms with Gasteiger partial charge in [0.2, 0.25) is 0 Å². The summed E-state index contributed by atoms with van der Waals surface area (Å²) in [6.45, 7) is 2.05. The summed E-state index contributed by atoms with van der Waals surface area (Å²) in [6, 6.07) is 15.0. The molecule has 3 N–H and O–H groups in total. The fourth-order valence-electron chi connectivity index (χ4n) is 2.37. The minimum atomic E-state index is -0.352. The van der Waals surface area contributed by atoms with Crippen LogP contribution in [0.4, 0.5) is 17.1 Å². The topological polar surface area (TPSA) is 70.2 Å². The van der Waals surface area contributed by atoms with Gasteiger partial charge in [0.15, 0.2) is 0 Å². The third-order valence-electron chi connectivity index (χ3n) is 3.57. The van der Waals surface area contributed by atoms with Gasteiger partial charge in [-0.2, -0.15) is 0 Å². The predicted octanol–water partition coefficient (Wildman–Crippen LogP) is 3.14. The molecular weight excluding hydrogens is 290 g/mol. The van der Waals surface area contributed by atoms with E-state index in [1.807, 2.05) is 42.5 Å². The molecule has 2 amide bonds. The number of carbonyl (C=O) groups excluding carboxylic acids is 2. The van der Waals surface area contributed by atoms with Gasteiger partial charge < -0.3 is 16.0 Å². The van der Waals surface area contributed by atoms with Crippen LogP contribution in [0.2, 0.25) is 0 Å². The van der Waals surface area contributed by atoms with Crippen LogP contribution in [0.15, 0.2) is 60.3 Å². The quantitative estimate of drug-likeness (QED) is 0.763. The van der Waals surface area contributed by atoms with E-state index in [1.165, 1.54) is 6.08 Å². The second kappa shape index (κ2) is 6.36. The number of carbonyl (C=O) groups is 2. The highest BCUT2D eigenvalue weighted by molar-refractivity contribution is 6.15. The SMILES string of the molecule is CCc1cccc(NC(=O)/C=C2\Nc3ccccc3NC2=O)c1. The molecule has 3 rings (SSSR count). The van der Waals surface area contributed by atoms with Crippen LogP contribution in [-0.2, 0) is 16.0 Å². The highest BCUT2D eigenvalue weighted by Gasteiger charge is 2.19. The maximum absolute atomic E-state index is 12.1. The van der Waals surface area contributed by atoms with E-state index in [2.05, 4.69) is 22.9 Å². The highest BCUT2D eigenvalue weighted by atomic mass is 16.2. The molecule has 0 fully saturated rings. The average Bonchev–Trinajstić information content (AvgIpc) is 2.55. The van der Waals surface area contributed by atoms with Gasteiger partial charge in [0.1, 0.15) is 5.70 Å². The number of anilines is 3. The third-order valence-corrected chi connectivity index (χ3v) is 3.57. The fraction of sp³-hybridized carbons (Fsp3) is 0.111. The number of benzene rings is 2. The Morgan fingerprint density at radius 2 is 1.83 bits per heavy atom. The Morgan fingerprint density at radius 1 is 1.09 bits per heavy atom. The molecule has 0 radical (unpaired) electrons. The molecule has 0 aromatic heterocycles. The number of hydrogen-bond donors (Lipinski definition) is 3. The molecule has 2 aromatic rings. The summed E-state index contributed by atoms with van der Waals surface area (Å²) in [6.07, 6.45) is 2.16. The molecule has 5 heteroatoms. The lowest BCUT2D eigenvalue weighted by molar-refractivity contribution is -0.114. The highest BCUT2D eigenvalue weighted by Crippen LogP contribution is 2.27. The monoisotopic (exact) mass is 307 g/mol. The predicted molar refractivity (Wildman–Crippen MR) is 91.2 cm³/mol. The molecule has 23 heavy (non-hydrogen) atoms. The molecule has 116 valence electrons. The van der Waals surface area contributed by atoms with E-state index in [0.717, 1.165) is 17.7 Å². The molecular formula is C18H17N3O2. The second-order valence-electron chi connectivity index (χ2n) is 5.23. The zero-order valence-electron chi connectivity index (χ0n) is 12.7. The minimum absolute atomic E-state index is 0.216. The van der Waals surface area contributed by atoms with Crippen LogP contribution in [0.25, 0.3) is 0 Å². The minimum Gasteiger partial charge on any atom is -0.349 e. The van der Waals surface area contributed by atoms with Crippen molar-refractivity contribution in [1.82, 2.24) is 0 Å². The Balaban J connectivity index is 1.76.